The maximum atomic E-state index is 11.2. The van der Waals surface area contributed by atoms with Crippen LogP contribution >= 0.6 is 0 Å². The molecule has 2 aromatic heterocycles. The molecule has 2 N–H and O–H groups in total. The minimum atomic E-state index is -0.298. The first-order chi connectivity index (χ1) is 7.59. The Hall–Kier alpha value is -2.10. The summed E-state index contributed by atoms with van der Waals surface area (Å²) in [6.45, 7) is 3.73. The van der Waals surface area contributed by atoms with Crippen molar-refractivity contribution in [1.29, 1.82) is 0 Å². The molecule has 0 amide bonds. The summed E-state index contributed by atoms with van der Waals surface area (Å²) in [6.07, 6.45) is 1.84. The smallest absolute Gasteiger partial charge is 0.274 e. The molecule has 0 aliphatic rings. The molecule has 16 heavy (non-hydrogen) atoms. The van der Waals surface area contributed by atoms with Crippen LogP contribution in [-0.2, 0) is 0 Å². The first-order valence-corrected chi connectivity index (χ1v) is 5.00. The molecule has 2 rings (SSSR count). The van der Waals surface area contributed by atoms with E-state index in [0.717, 1.165) is 11.3 Å². The molecule has 0 bridgehead atoms. The van der Waals surface area contributed by atoms with E-state index in [9.17, 15) is 9.90 Å². The molecule has 0 fully saturated rings. The first kappa shape index (κ1) is 10.4. The zero-order chi connectivity index (χ0) is 11.7. The van der Waals surface area contributed by atoms with E-state index in [1.54, 1.807) is 6.92 Å². The standard InChI is InChI=1S/C12H12N2O2/c1-8-7-10(15)13-12(16)11(8)14-6-4-3-5-9(14)2/h3-7H,1-2H3,(H-,13,15,16)/p+1. The van der Waals surface area contributed by atoms with Gasteiger partial charge in [0.05, 0.1) is 0 Å². The molecular weight excluding hydrogens is 204 g/mol. The Labute approximate surface area is 92.8 Å². The minimum Gasteiger partial charge on any atom is -0.490 e. The van der Waals surface area contributed by atoms with Crippen molar-refractivity contribution in [2.75, 3.05) is 0 Å². The van der Waals surface area contributed by atoms with E-state index in [1.165, 1.54) is 6.07 Å². The summed E-state index contributed by atoms with van der Waals surface area (Å²) in [5, 5.41) is 9.77. The minimum absolute atomic E-state index is 0.107. The third kappa shape index (κ3) is 1.69. The SMILES string of the molecule is Cc1cc(=O)[nH]c(O)c1-[n+]1ccccc1C. The van der Waals surface area contributed by atoms with Gasteiger partial charge in [0.2, 0.25) is 0 Å². The first-order valence-electron chi connectivity index (χ1n) is 5.00. The fourth-order valence-electron chi connectivity index (χ4n) is 1.75. The quantitative estimate of drug-likeness (QED) is 0.699. The van der Waals surface area contributed by atoms with Crippen LogP contribution in [0.2, 0.25) is 0 Å². The number of aryl methyl sites for hydroxylation is 2. The number of aromatic nitrogens is 2. The Balaban J connectivity index is 2.75. The van der Waals surface area contributed by atoms with Crippen LogP contribution in [0.15, 0.2) is 35.3 Å². The van der Waals surface area contributed by atoms with Gasteiger partial charge in [-0.3, -0.25) is 9.78 Å². The van der Waals surface area contributed by atoms with Crippen molar-refractivity contribution in [3.63, 3.8) is 0 Å². The van der Waals surface area contributed by atoms with Crippen LogP contribution in [0.25, 0.3) is 5.69 Å². The molecule has 0 aliphatic carbocycles. The highest BCUT2D eigenvalue weighted by Gasteiger charge is 2.18. The van der Waals surface area contributed by atoms with E-state index >= 15 is 0 Å². The number of pyridine rings is 2. The summed E-state index contributed by atoms with van der Waals surface area (Å²) < 4.78 is 1.83. The molecule has 0 saturated heterocycles. The third-order valence-corrected chi connectivity index (χ3v) is 2.49. The molecule has 82 valence electrons. The summed E-state index contributed by atoms with van der Waals surface area (Å²) in [4.78, 5) is 13.5. The van der Waals surface area contributed by atoms with Crippen molar-refractivity contribution in [3.05, 3.63) is 52.1 Å². The molecule has 0 aliphatic heterocycles. The van der Waals surface area contributed by atoms with Gasteiger partial charge >= 0.3 is 0 Å². The lowest BCUT2D eigenvalue weighted by Crippen LogP contribution is -2.35. The average Bonchev–Trinajstić information content (AvgIpc) is 2.19. The Bertz CT molecular complexity index is 562. The predicted molar refractivity (Wildman–Crippen MR) is 59.7 cm³/mol. The van der Waals surface area contributed by atoms with E-state index in [1.807, 2.05) is 35.9 Å². The molecule has 0 aromatic carbocycles. The number of hydrogen-bond donors (Lipinski definition) is 2. The van der Waals surface area contributed by atoms with Crippen molar-refractivity contribution >= 4 is 0 Å². The maximum Gasteiger partial charge on any atom is 0.274 e. The average molecular weight is 217 g/mol. The summed E-state index contributed by atoms with van der Waals surface area (Å²) in [7, 11) is 0. The van der Waals surface area contributed by atoms with Crippen LogP contribution in [-0.4, -0.2) is 10.1 Å². The molecule has 2 heterocycles. The normalized spacial score (nSPS) is 10.4. The van der Waals surface area contributed by atoms with Crippen LogP contribution < -0.4 is 10.1 Å². The van der Waals surface area contributed by atoms with Gasteiger partial charge in [-0.25, -0.2) is 0 Å². The van der Waals surface area contributed by atoms with Gasteiger partial charge in [0.25, 0.3) is 17.1 Å². The maximum absolute atomic E-state index is 11.2. The van der Waals surface area contributed by atoms with Gasteiger partial charge in [0.15, 0.2) is 11.9 Å². The van der Waals surface area contributed by atoms with Gasteiger partial charge in [-0.05, 0) is 6.92 Å². The Kier molecular flexibility index (Phi) is 2.48. The topological polar surface area (TPSA) is 57.0 Å². The molecule has 0 atom stereocenters. The van der Waals surface area contributed by atoms with Gasteiger partial charge in [-0.15, -0.1) is 0 Å². The van der Waals surface area contributed by atoms with Crippen LogP contribution in [0.1, 0.15) is 11.3 Å². The second-order valence-electron chi connectivity index (χ2n) is 3.73. The highest BCUT2D eigenvalue weighted by Crippen LogP contribution is 2.15. The highest BCUT2D eigenvalue weighted by molar-refractivity contribution is 5.39. The van der Waals surface area contributed by atoms with Gasteiger partial charge in [-0.2, -0.15) is 4.57 Å². The zero-order valence-electron chi connectivity index (χ0n) is 9.19. The van der Waals surface area contributed by atoms with E-state index in [-0.39, 0.29) is 11.4 Å². The van der Waals surface area contributed by atoms with Gasteiger partial charge in [0, 0.05) is 30.7 Å². The van der Waals surface area contributed by atoms with Crippen molar-refractivity contribution in [2.24, 2.45) is 0 Å². The van der Waals surface area contributed by atoms with Gasteiger partial charge in [-0.1, -0.05) is 6.07 Å². The molecule has 0 radical (unpaired) electrons. The summed E-state index contributed by atoms with van der Waals surface area (Å²) >= 11 is 0. The largest absolute Gasteiger partial charge is 0.490 e. The number of nitrogens with zero attached hydrogens (tertiary/aromatic N) is 1. The van der Waals surface area contributed by atoms with Crippen LogP contribution in [0.3, 0.4) is 0 Å². The van der Waals surface area contributed by atoms with E-state index < -0.39 is 0 Å². The van der Waals surface area contributed by atoms with Crippen molar-refractivity contribution in [2.45, 2.75) is 13.8 Å². The molecule has 0 unspecified atom stereocenters. The monoisotopic (exact) mass is 217 g/mol. The molecule has 0 saturated carbocycles. The number of aromatic hydroxyl groups is 1. The van der Waals surface area contributed by atoms with Gasteiger partial charge < -0.3 is 5.11 Å². The second-order valence-corrected chi connectivity index (χ2v) is 3.73. The number of hydrogen-bond acceptors (Lipinski definition) is 2. The van der Waals surface area contributed by atoms with Crippen molar-refractivity contribution in [1.82, 2.24) is 4.98 Å². The van der Waals surface area contributed by atoms with Crippen molar-refractivity contribution in [3.8, 4) is 11.6 Å². The van der Waals surface area contributed by atoms with E-state index in [2.05, 4.69) is 4.98 Å². The van der Waals surface area contributed by atoms with Crippen LogP contribution in [0.4, 0.5) is 0 Å². The Morgan fingerprint density at radius 3 is 2.69 bits per heavy atom. The van der Waals surface area contributed by atoms with Crippen LogP contribution in [0, 0.1) is 13.8 Å². The highest BCUT2D eigenvalue weighted by atomic mass is 16.3. The molecule has 4 nitrogen and oxygen atoms in total. The molecule has 2 aromatic rings. The molecule has 4 heteroatoms. The van der Waals surface area contributed by atoms with Crippen LogP contribution in [0.5, 0.6) is 5.88 Å². The Morgan fingerprint density at radius 1 is 1.31 bits per heavy atom. The predicted octanol–water partition coefficient (Wildman–Crippen LogP) is 0.974. The summed E-state index contributed by atoms with van der Waals surface area (Å²) in [5.41, 5.74) is 2.03. The van der Waals surface area contributed by atoms with E-state index in [0.29, 0.717) is 5.69 Å². The number of nitrogens with one attached hydrogen (secondary N) is 1. The number of rotatable bonds is 1. The molecule has 0 spiro atoms. The van der Waals surface area contributed by atoms with Gasteiger partial charge in [0.1, 0.15) is 0 Å². The van der Waals surface area contributed by atoms with E-state index in [4.69, 9.17) is 0 Å². The lowest BCUT2D eigenvalue weighted by molar-refractivity contribution is -0.603. The Morgan fingerprint density at radius 2 is 2.06 bits per heavy atom. The molecular formula is C12H13N2O2+. The zero-order valence-corrected chi connectivity index (χ0v) is 9.19. The lowest BCUT2D eigenvalue weighted by Gasteiger charge is -2.03. The summed E-state index contributed by atoms with van der Waals surface area (Å²) in [6, 6.07) is 7.19. The summed E-state index contributed by atoms with van der Waals surface area (Å²) in [5.74, 6) is -0.107. The fraction of sp³-hybridized carbons (Fsp3) is 0.167. The third-order valence-electron chi connectivity index (χ3n) is 2.49. The van der Waals surface area contributed by atoms with Crippen molar-refractivity contribution < 1.29 is 9.67 Å². The fourth-order valence-corrected chi connectivity index (χ4v) is 1.75. The number of H-pyrrole nitrogens is 1. The number of aromatic amines is 1. The lowest BCUT2D eigenvalue weighted by atomic mass is 10.2. The second kappa shape index (κ2) is 3.81.